The van der Waals surface area contributed by atoms with Gasteiger partial charge in [0, 0.05) is 51.4 Å². The highest BCUT2D eigenvalue weighted by Gasteiger charge is 2.29. The Bertz CT molecular complexity index is 197. The lowest BCUT2D eigenvalue weighted by Gasteiger charge is -2.36. The second-order valence-corrected chi connectivity index (χ2v) is 5.37. The molecule has 88 valence electrons. The second-order valence-electron chi connectivity index (χ2n) is 5.37. The van der Waals surface area contributed by atoms with Crippen molar-refractivity contribution in [3.05, 3.63) is 0 Å². The van der Waals surface area contributed by atoms with Gasteiger partial charge in [0.25, 0.3) is 0 Å². The molecule has 3 nitrogen and oxygen atoms in total. The number of hydrogen-bond acceptors (Lipinski definition) is 3. The van der Waals surface area contributed by atoms with E-state index in [9.17, 15) is 0 Å². The van der Waals surface area contributed by atoms with Crippen molar-refractivity contribution in [1.29, 1.82) is 0 Å². The van der Waals surface area contributed by atoms with E-state index in [4.69, 9.17) is 0 Å². The molecule has 15 heavy (non-hydrogen) atoms. The Labute approximate surface area is 94.0 Å². The Kier molecular flexibility index (Phi) is 3.65. The molecule has 2 aliphatic heterocycles. The molecule has 0 aromatic carbocycles. The molecule has 2 heterocycles. The normalized spacial score (nSPS) is 31.6. The first-order chi connectivity index (χ1) is 7.16. The van der Waals surface area contributed by atoms with Crippen LogP contribution in [0.2, 0.25) is 0 Å². The highest BCUT2D eigenvalue weighted by Crippen LogP contribution is 2.18. The summed E-state index contributed by atoms with van der Waals surface area (Å²) in [6.45, 7) is 12.3. The molecule has 0 aromatic rings. The Hall–Kier alpha value is -0.120. The van der Waals surface area contributed by atoms with Gasteiger partial charge in [-0.25, -0.2) is 0 Å². The number of likely N-dealkylation sites (N-methyl/N-ethyl adjacent to an activating group) is 1. The number of likely N-dealkylation sites (tertiary alicyclic amines) is 1. The van der Waals surface area contributed by atoms with Gasteiger partial charge < -0.3 is 4.90 Å². The van der Waals surface area contributed by atoms with E-state index in [-0.39, 0.29) is 0 Å². The monoisotopic (exact) mass is 211 g/mol. The van der Waals surface area contributed by atoms with E-state index in [1.807, 2.05) is 0 Å². The smallest absolute Gasteiger partial charge is 0.0236 e. The predicted octanol–water partition coefficient (Wildman–Crippen LogP) is 0.717. The van der Waals surface area contributed by atoms with Crippen molar-refractivity contribution in [3.8, 4) is 0 Å². The molecule has 2 aliphatic rings. The molecule has 3 heteroatoms. The number of piperazine rings is 1. The third-order valence-corrected chi connectivity index (χ3v) is 3.98. The van der Waals surface area contributed by atoms with Crippen LogP contribution in [0.4, 0.5) is 0 Å². The van der Waals surface area contributed by atoms with Crippen molar-refractivity contribution >= 4 is 0 Å². The van der Waals surface area contributed by atoms with Crippen LogP contribution < -0.4 is 0 Å². The van der Waals surface area contributed by atoms with E-state index in [1.54, 1.807) is 0 Å². The summed E-state index contributed by atoms with van der Waals surface area (Å²) in [6, 6.07) is 1.56. The predicted molar refractivity (Wildman–Crippen MR) is 64.2 cm³/mol. The Balaban J connectivity index is 1.80. The summed E-state index contributed by atoms with van der Waals surface area (Å²) in [4.78, 5) is 7.75. The SMILES string of the molecule is CC(C)N1CC[C@H](N2CCN(C)CC2)C1. The summed E-state index contributed by atoms with van der Waals surface area (Å²) >= 11 is 0. The number of rotatable bonds is 2. The van der Waals surface area contributed by atoms with Crippen molar-refractivity contribution in [2.24, 2.45) is 0 Å². The van der Waals surface area contributed by atoms with Gasteiger partial charge in [-0.05, 0) is 27.3 Å². The van der Waals surface area contributed by atoms with E-state index >= 15 is 0 Å². The van der Waals surface area contributed by atoms with E-state index in [0.29, 0.717) is 0 Å². The maximum atomic E-state index is 2.70. The lowest BCUT2D eigenvalue weighted by atomic mass is 10.2. The first kappa shape index (κ1) is 11.4. The minimum atomic E-state index is 0.725. The minimum absolute atomic E-state index is 0.725. The van der Waals surface area contributed by atoms with Crippen LogP contribution in [-0.2, 0) is 0 Å². The van der Waals surface area contributed by atoms with Crippen LogP contribution in [0.1, 0.15) is 20.3 Å². The molecule has 2 saturated heterocycles. The van der Waals surface area contributed by atoms with Crippen molar-refractivity contribution in [1.82, 2.24) is 14.7 Å². The summed E-state index contributed by atoms with van der Waals surface area (Å²) in [5.74, 6) is 0. The van der Waals surface area contributed by atoms with Gasteiger partial charge in [0.15, 0.2) is 0 Å². The molecule has 2 rings (SSSR count). The highest BCUT2D eigenvalue weighted by atomic mass is 15.3. The molecule has 0 aromatic heterocycles. The van der Waals surface area contributed by atoms with Gasteiger partial charge in [-0.15, -0.1) is 0 Å². The maximum absolute atomic E-state index is 2.70. The van der Waals surface area contributed by atoms with Gasteiger partial charge in [-0.3, -0.25) is 9.80 Å². The first-order valence-corrected chi connectivity index (χ1v) is 6.33. The summed E-state index contributed by atoms with van der Waals surface area (Å²) in [6.07, 6.45) is 1.38. The van der Waals surface area contributed by atoms with Crippen LogP contribution in [0.25, 0.3) is 0 Å². The summed E-state index contributed by atoms with van der Waals surface area (Å²) in [7, 11) is 2.23. The lowest BCUT2D eigenvalue weighted by Crippen LogP contribution is -2.50. The average molecular weight is 211 g/mol. The number of nitrogens with zero attached hydrogens (tertiary/aromatic N) is 3. The molecule has 0 radical (unpaired) electrons. The van der Waals surface area contributed by atoms with Crippen LogP contribution >= 0.6 is 0 Å². The summed E-state index contributed by atoms with van der Waals surface area (Å²) in [5.41, 5.74) is 0. The summed E-state index contributed by atoms with van der Waals surface area (Å²) in [5, 5.41) is 0. The summed E-state index contributed by atoms with van der Waals surface area (Å²) < 4.78 is 0. The molecular weight excluding hydrogens is 186 g/mol. The average Bonchev–Trinajstić information content (AvgIpc) is 2.68. The molecule has 1 atom stereocenters. The van der Waals surface area contributed by atoms with E-state index < -0.39 is 0 Å². The maximum Gasteiger partial charge on any atom is 0.0236 e. The molecule has 0 amide bonds. The molecule has 0 N–H and O–H groups in total. The minimum Gasteiger partial charge on any atom is -0.304 e. The largest absolute Gasteiger partial charge is 0.304 e. The number of hydrogen-bond donors (Lipinski definition) is 0. The molecule has 2 fully saturated rings. The third kappa shape index (κ3) is 2.71. The fraction of sp³-hybridized carbons (Fsp3) is 1.00. The first-order valence-electron chi connectivity index (χ1n) is 6.33. The molecule has 0 spiro atoms. The van der Waals surface area contributed by atoms with Crippen molar-refractivity contribution in [2.75, 3.05) is 46.3 Å². The zero-order valence-corrected chi connectivity index (χ0v) is 10.4. The van der Waals surface area contributed by atoms with Crippen LogP contribution in [0.3, 0.4) is 0 Å². The Morgan fingerprint density at radius 1 is 1.00 bits per heavy atom. The van der Waals surface area contributed by atoms with Crippen LogP contribution in [0.5, 0.6) is 0 Å². The van der Waals surface area contributed by atoms with E-state index in [1.165, 1.54) is 45.7 Å². The standard InChI is InChI=1S/C12H25N3/c1-11(2)15-5-4-12(10-15)14-8-6-13(3)7-9-14/h11-12H,4-10H2,1-3H3/t12-/m0/s1. The van der Waals surface area contributed by atoms with Crippen LogP contribution in [0, 0.1) is 0 Å². The van der Waals surface area contributed by atoms with Gasteiger partial charge in [-0.2, -0.15) is 0 Å². The van der Waals surface area contributed by atoms with Crippen molar-refractivity contribution in [2.45, 2.75) is 32.4 Å². The quantitative estimate of drug-likeness (QED) is 0.666. The van der Waals surface area contributed by atoms with Crippen LogP contribution in [-0.4, -0.2) is 73.1 Å². The van der Waals surface area contributed by atoms with Gasteiger partial charge in [-0.1, -0.05) is 0 Å². The van der Waals surface area contributed by atoms with Gasteiger partial charge in [0.05, 0.1) is 0 Å². The molecule has 0 bridgehead atoms. The van der Waals surface area contributed by atoms with Crippen molar-refractivity contribution in [3.63, 3.8) is 0 Å². The molecular formula is C12H25N3. The Morgan fingerprint density at radius 3 is 2.20 bits per heavy atom. The van der Waals surface area contributed by atoms with Gasteiger partial charge in [0.1, 0.15) is 0 Å². The topological polar surface area (TPSA) is 9.72 Å². The zero-order valence-electron chi connectivity index (χ0n) is 10.4. The van der Waals surface area contributed by atoms with Gasteiger partial charge in [0.2, 0.25) is 0 Å². The molecule has 0 aliphatic carbocycles. The highest BCUT2D eigenvalue weighted by molar-refractivity contribution is 4.86. The fourth-order valence-corrected chi connectivity index (χ4v) is 2.72. The second kappa shape index (κ2) is 4.81. The Morgan fingerprint density at radius 2 is 1.67 bits per heavy atom. The molecule has 0 saturated carbocycles. The molecule has 0 unspecified atom stereocenters. The zero-order chi connectivity index (χ0) is 10.8. The van der Waals surface area contributed by atoms with Gasteiger partial charge >= 0.3 is 0 Å². The van der Waals surface area contributed by atoms with E-state index in [0.717, 1.165) is 12.1 Å². The third-order valence-electron chi connectivity index (χ3n) is 3.98. The van der Waals surface area contributed by atoms with E-state index in [2.05, 4.69) is 35.6 Å². The fourth-order valence-electron chi connectivity index (χ4n) is 2.72. The van der Waals surface area contributed by atoms with Crippen LogP contribution in [0.15, 0.2) is 0 Å². The lowest BCUT2D eigenvalue weighted by molar-refractivity contribution is 0.110. The van der Waals surface area contributed by atoms with Crippen molar-refractivity contribution < 1.29 is 0 Å².